The standard InChI is InChI=1S/C16H18N2O2/c1-13(19)18-16-8-7-14(11-17-16)9-10-20-12-15-5-3-2-4-6-15/h2-8,11H,9-10,12H2,1H3,(H,17,18,19). The lowest BCUT2D eigenvalue weighted by Gasteiger charge is -2.05. The lowest BCUT2D eigenvalue weighted by Crippen LogP contribution is -2.07. The van der Waals surface area contributed by atoms with Crippen LogP contribution in [-0.4, -0.2) is 17.5 Å². The maximum absolute atomic E-state index is 10.9. The first-order valence-electron chi connectivity index (χ1n) is 6.58. The van der Waals surface area contributed by atoms with Crippen LogP contribution in [0.4, 0.5) is 5.82 Å². The van der Waals surface area contributed by atoms with Gasteiger partial charge in [0.15, 0.2) is 0 Å². The van der Waals surface area contributed by atoms with Gasteiger partial charge in [0.2, 0.25) is 5.91 Å². The number of anilines is 1. The molecule has 0 aliphatic carbocycles. The fraction of sp³-hybridized carbons (Fsp3) is 0.250. The molecule has 0 unspecified atom stereocenters. The molecule has 0 atom stereocenters. The Morgan fingerprint density at radius 2 is 1.95 bits per heavy atom. The number of nitrogens with one attached hydrogen (secondary N) is 1. The Hall–Kier alpha value is -2.20. The molecule has 0 spiro atoms. The average molecular weight is 270 g/mol. The summed E-state index contributed by atoms with van der Waals surface area (Å²) in [7, 11) is 0. The maximum Gasteiger partial charge on any atom is 0.222 e. The van der Waals surface area contributed by atoms with Gasteiger partial charge in [0.1, 0.15) is 5.82 Å². The van der Waals surface area contributed by atoms with Gasteiger partial charge in [-0.15, -0.1) is 0 Å². The summed E-state index contributed by atoms with van der Waals surface area (Å²) in [6.07, 6.45) is 2.57. The van der Waals surface area contributed by atoms with E-state index in [1.54, 1.807) is 12.3 Å². The molecule has 0 saturated carbocycles. The number of hydrogen-bond donors (Lipinski definition) is 1. The quantitative estimate of drug-likeness (QED) is 0.821. The molecule has 20 heavy (non-hydrogen) atoms. The summed E-state index contributed by atoms with van der Waals surface area (Å²) in [5.74, 6) is 0.461. The molecule has 1 heterocycles. The van der Waals surface area contributed by atoms with E-state index in [0.717, 1.165) is 12.0 Å². The zero-order chi connectivity index (χ0) is 14.2. The van der Waals surface area contributed by atoms with Crippen LogP contribution in [0, 0.1) is 0 Å². The molecule has 4 nitrogen and oxygen atoms in total. The fourth-order valence-corrected chi connectivity index (χ4v) is 1.78. The predicted molar refractivity (Wildman–Crippen MR) is 78.3 cm³/mol. The van der Waals surface area contributed by atoms with Crippen LogP contribution in [0.1, 0.15) is 18.1 Å². The Morgan fingerprint density at radius 1 is 1.15 bits per heavy atom. The number of benzene rings is 1. The first kappa shape index (κ1) is 14.2. The summed E-state index contributed by atoms with van der Waals surface area (Å²) in [6, 6.07) is 13.8. The number of rotatable bonds is 6. The third kappa shape index (κ3) is 4.82. The van der Waals surface area contributed by atoms with Gasteiger partial charge in [-0.05, 0) is 23.6 Å². The Bertz CT molecular complexity index is 538. The van der Waals surface area contributed by atoms with Crippen molar-refractivity contribution >= 4 is 11.7 Å². The Balaban J connectivity index is 1.73. The molecule has 4 heteroatoms. The number of hydrogen-bond acceptors (Lipinski definition) is 3. The first-order chi connectivity index (χ1) is 9.74. The lowest BCUT2D eigenvalue weighted by atomic mass is 10.2. The number of pyridine rings is 1. The van der Waals surface area contributed by atoms with Crippen LogP contribution < -0.4 is 5.32 Å². The summed E-state index contributed by atoms with van der Waals surface area (Å²) < 4.78 is 5.62. The van der Waals surface area contributed by atoms with Crippen molar-refractivity contribution < 1.29 is 9.53 Å². The number of nitrogens with zero attached hydrogens (tertiary/aromatic N) is 1. The second-order valence-electron chi connectivity index (χ2n) is 4.52. The molecule has 1 N–H and O–H groups in total. The maximum atomic E-state index is 10.9. The number of carbonyl (C=O) groups is 1. The first-order valence-corrected chi connectivity index (χ1v) is 6.58. The van der Waals surface area contributed by atoms with Crippen LogP contribution in [0.15, 0.2) is 48.7 Å². The largest absolute Gasteiger partial charge is 0.376 e. The molecule has 1 amide bonds. The number of carbonyl (C=O) groups excluding carboxylic acids is 1. The van der Waals surface area contributed by atoms with Gasteiger partial charge in [-0.3, -0.25) is 4.79 Å². The Labute approximate surface area is 118 Å². The van der Waals surface area contributed by atoms with E-state index in [0.29, 0.717) is 19.0 Å². The van der Waals surface area contributed by atoms with E-state index in [1.165, 1.54) is 12.5 Å². The summed E-state index contributed by atoms with van der Waals surface area (Å²) in [5, 5.41) is 2.64. The SMILES string of the molecule is CC(=O)Nc1ccc(CCOCc2ccccc2)cn1. The van der Waals surface area contributed by atoms with Gasteiger partial charge in [0.25, 0.3) is 0 Å². The molecule has 0 bridgehead atoms. The predicted octanol–water partition coefficient (Wildman–Crippen LogP) is 2.80. The van der Waals surface area contributed by atoms with Gasteiger partial charge in [0, 0.05) is 13.1 Å². The molecular formula is C16H18N2O2. The molecule has 0 saturated heterocycles. The molecule has 0 radical (unpaired) electrons. The van der Waals surface area contributed by atoms with Gasteiger partial charge in [0.05, 0.1) is 13.2 Å². The lowest BCUT2D eigenvalue weighted by molar-refractivity contribution is -0.114. The van der Waals surface area contributed by atoms with Crippen LogP contribution in [0.25, 0.3) is 0 Å². The van der Waals surface area contributed by atoms with Crippen LogP contribution >= 0.6 is 0 Å². The van der Waals surface area contributed by atoms with Crippen molar-refractivity contribution in [2.75, 3.05) is 11.9 Å². The van der Waals surface area contributed by atoms with Gasteiger partial charge in [-0.1, -0.05) is 36.4 Å². The van der Waals surface area contributed by atoms with Crippen LogP contribution in [0.5, 0.6) is 0 Å². The minimum atomic E-state index is -0.114. The van der Waals surface area contributed by atoms with Crippen molar-refractivity contribution in [3.05, 3.63) is 59.8 Å². The van der Waals surface area contributed by atoms with E-state index in [1.807, 2.05) is 36.4 Å². The van der Waals surface area contributed by atoms with Gasteiger partial charge in [-0.25, -0.2) is 4.98 Å². The van der Waals surface area contributed by atoms with Crippen molar-refractivity contribution in [3.63, 3.8) is 0 Å². The zero-order valence-electron chi connectivity index (χ0n) is 11.5. The van der Waals surface area contributed by atoms with Crippen molar-refractivity contribution in [1.29, 1.82) is 0 Å². The number of amides is 1. The monoisotopic (exact) mass is 270 g/mol. The minimum absolute atomic E-state index is 0.114. The summed E-state index contributed by atoms with van der Waals surface area (Å²) >= 11 is 0. The topological polar surface area (TPSA) is 51.2 Å². The molecule has 2 rings (SSSR count). The molecule has 0 aliphatic rings. The second kappa shape index (κ2) is 7.40. The summed E-state index contributed by atoms with van der Waals surface area (Å²) in [6.45, 7) is 2.74. The van der Waals surface area contributed by atoms with Crippen molar-refractivity contribution in [2.45, 2.75) is 20.0 Å². The third-order valence-corrected chi connectivity index (χ3v) is 2.78. The number of aromatic nitrogens is 1. The smallest absolute Gasteiger partial charge is 0.222 e. The van der Waals surface area contributed by atoms with E-state index >= 15 is 0 Å². The highest BCUT2D eigenvalue weighted by atomic mass is 16.5. The van der Waals surface area contributed by atoms with Crippen molar-refractivity contribution in [2.24, 2.45) is 0 Å². The Kier molecular flexibility index (Phi) is 5.26. The minimum Gasteiger partial charge on any atom is -0.376 e. The molecule has 2 aromatic rings. The molecule has 1 aromatic heterocycles. The van der Waals surface area contributed by atoms with E-state index in [4.69, 9.17) is 4.74 Å². The van der Waals surface area contributed by atoms with Gasteiger partial charge < -0.3 is 10.1 Å². The van der Waals surface area contributed by atoms with E-state index in [2.05, 4.69) is 10.3 Å². The molecular weight excluding hydrogens is 252 g/mol. The van der Waals surface area contributed by atoms with Crippen molar-refractivity contribution in [1.82, 2.24) is 4.98 Å². The number of ether oxygens (including phenoxy) is 1. The fourth-order valence-electron chi connectivity index (χ4n) is 1.78. The van der Waals surface area contributed by atoms with Crippen LogP contribution in [0.3, 0.4) is 0 Å². The van der Waals surface area contributed by atoms with E-state index in [9.17, 15) is 4.79 Å². The second-order valence-corrected chi connectivity index (χ2v) is 4.52. The van der Waals surface area contributed by atoms with Crippen molar-refractivity contribution in [3.8, 4) is 0 Å². The molecule has 1 aromatic carbocycles. The summed E-state index contributed by atoms with van der Waals surface area (Å²) in [5.41, 5.74) is 2.26. The molecule has 104 valence electrons. The van der Waals surface area contributed by atoms with E-state index < -0.39 is 0 Å². The Morgan fingerprint density at radius 3 is 2.60 bits per heavy atom. The normalized spacial score (nSPS) is 10.2. The molecule has 0 aliphatic heterocycles. The highest BCUT2D eigenvalue weighted by Gasteiger charge is 1.98. The average Bonchev–Trinajstić information content (AvgIpc) is 2.46. The zero-order valence-corrected chi connectivity index (χ0v) is 11.5. The highest BCUT2D eigenvalue weighted by molar-refractivity contribution is 5.87. The van der Waals surface area contributed by atoms with Crippen LogP contribution in [0.2, 0.25) is 0 Å². The summed E-state index contributed by atoms with van der Waals surface area (Å²) in [4.78, 5) is 15.0. The highest BCUT2D eigenvalue weighted by Crippen LogP contribution is 2.06. The van der Waals surface area contributed by atoms with Gasteiger partial charge >= 0.3 is 0 Å². The molecule has 0 fully saturated rings. The van der Waals surface area contributed by atoms with Gasteiger partial charge in [-0.2, -0.15) is 0 Å². The third-order valence-electron chi connectivity index (χ3n) is 2.78. The van der Waals surface area contributed by atoms with E-state index in [-0.39, 0.29) is 5.91 Å². The van der Waals surface area contributed by atoms with Crippen LogP contribution in [-0.2, 0) is 22.6 Å².